The van der Waals surface area contributed by atoms with Crippen molar-refractivity contribution in [1.82, 2.24) is 0 Å². The van der Waals surface area contributed by atoms with Crippen LogP contribution in [0.5, 0.6) is 0 Å². The third kappa shape index (κ3) is 8.72. The smallest absolute Gasteiger partial charge is 0.323 e. The van der Waals surface area contributed by atoms with E-state index in [1.54, 1.807) is 11.8 Å². The Hall–Kier alpha value is -0.260. The molecule has 0 aromatic heterocycles. The van der Waals surface area contributed by atoms with Crippen LogP contribution < -0.4 is 5.73 Å². The maximum atomic E-state index is 11.3. The Bertz CT molecular complexity index is 176. The SMILES string of the molecule is CSCCC(N)C(=O)OCCOC(C)C. The lowest BCUT2D eigenvalue weighted by molar-refractivity contribution is -0.147. The van der Waals surface area contributed by atoms with Crippen LogP contribution in [0.25, 0.3) is 0 Å². The molecule has 0 aliphatic rings. The van der Waals surface area contributed by atoms with Crippen LogP contribution in [0.3, 0.4) is 0 Å². The minimum Gasteiger partial charge on any atom is -0.462 e. The Morgan fingerprint density at radius 2 is 2.07 bits per heavy atom. The van der Waals surface area contributed by atoms with E-state index in [4.69, 9.17) is 15.2 Å². The molecule has 0 saturated heterocycles. The molecule has 0 aromatic carbocycles. The van der Waals surface area contributed by atoms with Gasteiger partial charge in [-0.25, -0.2) is 0 Å². The van der Waals surface area contributed by atoms with E-state index in [0.29, 0.717) is 13.0 Å². The van der Waals surface area contributed by atoms with Gasteiger partial charge in [0, 0.05) is 0 Å². The van der Waals surface area contributed by atoms with Crippen molar-refractivity contribution in [2.24, 2.45) is 5.73 Å². The number of rotatable bonds is 8. The number of thioether (sulfide) groups is 1. The van der Waals surface area contributed by atoms with Crippen LogP contribution in [0.2, 0.25) is 0 Å². The van der Waals surface area contributed by atoms with E-state index in [9.17, 15) is 4.79 Å². The number of carbonyl (C=O) groups excluding carboxylic acids is 1. The fourth-order valence-electron chi connectivity index (χ4n) is 0.896. The molecule has 0 amide bonds. The number of hydrogen-bond donors (Lipinski definition) is 1. The lowest BCUT2D eigenvalue weighted by Crippen LogP contribution is -2.33. The van der Waals surface area contributed by atoms with Crippen LogP contribution in [0.4, 0.5) is 0 Å². The molecule has 0 bridgehead atoms. The van der Waals surface area contributed by atoms with Gasteiger partial charge in [0.05, 0.1) is 12.7 Å². The normalized spacial score (nSPS) is 12.9. The topological polar surface area (TPSA) is 61.6 Å². The molecule has 0 spiro atoms. The molecule has 0 rings (SSSR count). The number of ether oxygens (including phenoxy) is 2. The van der Waals surface area contributed by atoms with Gasteiger partial charge in [-0.3, -0.25) is 4.79 Å². The van der Waals surface area contributed by atoms with E-state index in [0.717, 1.165) is 5.75 Å². The van der Waals surface area contributed by atoms with Crippen molar-refractivity contribution in [3.05, 3.63) is 0 Å². The maximum Gasteiger partial charge on any atom is 0.323 e. The highest BCUT2D eigenvalue weighted by molar-refractivity contribution is 7.98. The zero-order chi connectivity index (χ0) is 11.7. The fraction of sp³-hybridized carbons (Fsp3) is 0.900. The zero-order valence-electron chi connectivity index (χ0n) is 9.69. The number of esters is 1. The minimum atomic E-state index is -0.503. The Balaban J connectivity index is 3.47. The van der Waals surface area contributed by atoms with Gasteiger partial charge in [0.15, 0.2) is 0 Å². The van der Waals surface area contributed by atoms with Crippen molar-refractivity contribution in [2.75, 3.05) is 25.2 Å². The molecule has 0 aliphatic carbocycles. The quantitative estimate of drug-likeness (QED) is 0.503. The molecular weight excluding hydrogens is 214 g/mol. The van der Waals surface area contributed by atoms with Gasteiger partial charge in [0.1, 0.15) is 12.6 Å². The van der Waals surface area contributed by atoms with Crippen molar-refractivity contribution in [3.63, 3.8) is 0 Å². The Morgan fingerprint density at radius 1 is 1.40 bits per heavy atom. The average Bonchev–Trinajstić information content (AvgIpc) is 2.20. The molecule has 0 fully saturated rings. The second-order valence-electron chi connectivity index (χ2n) is 3.48. The highest BCUT2D eigenvalue weighted by atomic mass is 32.2. The first-order chi connectivity index (χ1) is 7.07. The summed E-state index contributed by atoms with van der Waals surface area (Å²) in [7, 11) is 0. The molecule has 0 aromatic rings. The summed E-state index contributed by atoms with van der Waals surface area (Å²) in [5, 5.41) is 0. The van der Waals surface area contributed by atoms with Crippen LogP contribution in [0.1, 0.15) is 20.3 Å². The Labute approximate surface area is 95.9 Å². The summed E-state index contributed by atoms with van der Waals surface area (Å²) < 4.78 is 10.2. The lowest BCUT2D eigenvalue weighted by atomic mass is 10.2. The van der Waals surface area contributed by atoms with Crippen molar-refractivity contribution in [3.8, 4) is 0 Å². The third-order valence-electron chi connectivity index (χ3n) is 1.71. The standard InChI is InChI=1S/C10H21NO3S/c1-8(2)13-5-6-14-10(12)9(11)4-7-15-3/h8-9H,4-7,11H2,1-3H3. The summed E-state index contributed by atoms with van der Waals surface area (Å²) in [5.74, 6) is 0.537. The van der Waals surface area contributed by atoms with E-state index >= 15 is 0 Å². The first-order valence-corrected chi connectivity index (χ1v) is 6.50. The number of nitrogens with two attached hydrogens (primary N) is 1. The first-order valence-electron chi connectivity index (χ1n) is 5.10. The van der Waals surface area contributed by atoms with Crippen LogP contribution in [-0.2, 0) is 14.3 Å². The molecule has 1 unspecified atom stereocenters. The van der Waals surface area contributed by atoms with Crippen LogP contribution >= 0.6 is 11.8 Å². The van der Waals surface area contributed by atoms with Gasteiger partial charge >= 0.3 is 5.97 Å². The Kier molecular flexibility index (Phi) is 8.85. The van der Waals surface area contributed by atoms with E-state index in [1.807, 2.05) is 20.1 Å². The molecule has 0 aliphatic heterocycles. The first kappa shape index (κ1) is 14.7. The molecule has 1 atom stereocenters. The predicted octanol–water partition coefficient (Wildman–Crippen LogP) is 1.03. The van der Waals surface area contributed by atoms with Gasteiger partial charge in [-0.2, -0.15) is 11.8 Å². The monoisotopic (exact) mass is 235 g/mol. The second kappa shape index (κ2) is 9.00. The summed E-state index contributed by atoms with van der Waals surface area (Å²) in [5.41, 5.74) is 5.62. The Morgan fingerprint density at radius 3 is 2.60 bits per heavy atom. The van der Waals surface area contributed by atoms with Gasteiger partial charge in [0.2, 0.25) is 0 Å². The van der Waals surface area contributed by atoms with Gasteiger partial charge in [-0.05, 0) is 32.3 Å². The highest BCUT2D eigenvalue weighted by Gasteiger charge is 2.13. The van der Waals surface area contributed by atoms with Crippen LogP contribution in [0, 0.1) is 0 Å². The van der Waals surface area contributed by atoms with Gasteiger partial charge < -0.3 is 15.2 Å². The van der Waals surface area contributed by atoms with Crippen molar-refractivity contribution < 1.29 is 14.3 Å². The van der Waals surface area contributed by atoms with E-state index in [1.165, 1.54) is 0 Å². The van der Waals surface area contributed by atoms with Crippen LogP contribution in [0.15, 0.2) is 0 Å². The molecule has 15 heavy (non-hydrogen) atoms. The van der Waals surface area contributed by atoms with Gasteiger partial charge in [0.25, 0.3) is 0 Å². The highest BCUT2D eigenvalue weighted by Crippen LogP contribution is 2.00. The maximum absolute atomic E-state index is 11.3. The number of hydrogen-bond acceptors (Lipinski definition) is 5. The van der Waals surface area contributed by atoms with E-state index in [-0.39, 0.29) is 18.7 Å². The molecule has 0 radical (unpaired) electrons. The zero-order valence-corrected chi connectivity index (χ0v) is 10.5. The summed E-state index contributed by atoms with van der Waals surface area (Å²) in [6, 6.07) is -0.503. The molecular formula is C10H21NO3S. The predicted molar refractivity (Wildman–Crippen MR) is 63.0 cm³/mol. The van der Waals surface area contributed by atoms with E-state index < -0.39 is 6.04 Å². The van der Waals surface area contributed by atoms with Gasteiger partial charge in [-0.15, -0.1) is 0 Å². The largest absolute Gasteiger partial charge is 0.462 e. The van der Waals surface area contributed by atoms with E-state index in [2.05, 4.69) is 0 Å². The summed E-state index contributed by atoms with van der Waals surface area (Å²) in [6.07, 6.45) is 2.80. The third-order valence-corrected chi connectivity index (χ3v) is 2.36. The lowest BCUT2D eigenvalue weighted by Gasteiger charge is -2.11. The van der Waals surface area contributed by atoms with Crippen molar-refractivity contribution >= 4 is 17.7 Å². The summed E-state index contributed by atoms with van der Waals surface area (Å²) in [4.78, 5) is 11.3. The molecule has 0 heterocycles. The molecule has 5 heteroatoms. The summed E-state index contributed by atoms with van der Waals surface area (Å²) in [6.45, 7) is 4.58. The number of carbonyl (C=O) groups is 1. The molecule has 4 nitrogen and oxygen atoms in total. The summed E-state index contributed by atoms with van der Waals surface area (Å²) >= 11 is 1.67. The average molecular weight is 235 g/mol. The fourth-order valence-corrected chi connectivity index (χ4v) is 1.39. The van der Waals surface area contributed by atoms with Crippen LogP contribution in [-0.4, -0.2) is 43.3 Å². The molecule has 2 N–H and O–H groups in total. The molecule has 90 valence electrons. The second-order valence-corrected chi connectivity index (χ2v) is 4.46. The van der Waals surface area contributed by atoms with Crippen molar-refractivity contribution in [1.29, 1.82) is 0 Å². The minimum absolute atomic E-state index is 0.161. The molecule has 0 saturated carbocycles. The van der Waals surface area contributed by atoms with Gasteiger partial charge in [-0.1, -0.05) is 0 Å². The van der Waals surface area contributed by atoms with Crippen molar-refractivity contribution in [2.45, 2.75) is 32.4 Å².